The van der Waals surface area contributed by atoms with Gasteiger partial charge in [-0.05, 0) is 31.2 Å². The van der Waals surface area contributed by atoms with Crippen molar-refractivity contribution in [2.24, 2.45) is 11.8 Å². The van der Waals surface area contributed by atoms with Crippen LogP contribution in [0.1, 0.15) is 40.0 Å². The second-order valence-electron chi connectivity index (χ2n) is 5.02. The van der Waals surface area contributed by atoms with Gasteiger partial charge in [0.15, 0.2) is 0 Å². The van der Waals surface area contributed by atoms with E-state index >= 15 is 0 Å². The zero-order valence-corrected chi connectivity index (χ0v) is 10.2. The maximum Gasteiger partial charge on any atom is 0.221 e. The van der Waals surface area contributed by atoms with Crippen LogP contribution in [-0.4, -0.2) is 25.0 Å². The van der Waals surface area contributed by atoms with Gasteiger partial charge in [0.05, 0.1) is 0 Å². The number of rotatable bonds is 5. The number of carbonyl (C=O) groups excluding carboxylic acids is 1. The van der Waals surface area contributed by atoms with Crippen LogP contribution in [0.5, 0.6) is 0 Å². The number of carbonyl (C=O) groups is 1. The quantitative estimate of drug-likeness (QED) is 0.726. The minimum atomic E-state index is 0.196. The van der Waals surface area contributed by atoms with E-state index in [4.69, 9.17) is 0 Å². The molecule has 0 aromatic rings. The first-order valence-electron chi connectivity index (χ1n) is 6.09. The summed E-state index contributed by atoms with van der Waals surface area (Å²) in [5.41, 5.74) is 0. The monoisotopic (exact) mass is 212 g/mol. The van der Waals surface area contributed by atoms with Crippen molar-refractivity contribution in [3.63, 3.8) is 0 Å². The highest BCUT2D eigenvalue weighted by molar-refractivity contribution is 5.76. The van der Waals surface area contributed by atoms with Gasteiger partial charge in [-0.15, -0.1) is 0 Å². The van der Waals surface area contributed by atoms with Crippen molar-refractivity contribution in [1.29, 1.82) is 0 Å². The lowest BCUT2D eigenvalue weighted by Gasteiger charge is -2.17. The first-order valence-corrected chi connectivity index (χ1v) is 6.09. The Bertz CT molecular complexity index is 198. The topological polar surface area (TPSA) is 41.1 Å². The predicted octanol–water partition coefficient (Wildman–Crippen LogP) is 1.54. The molecule has 2 unspecified atom stereocenters. The maximum absolute atomic E-state index is 11.6. The molecule has 1 fully saturated rings. The van der Waals surface area contributed by atoms with Crippen molar-refractivity contribution in [1.82, 2.24) is 10.6 Å². The lowest BCUT2D eigenvalue weighted by molar-refractivity contribution is -0.121. The Morgan fingerprint density at radius 3 is 2.73 bits per heavy atom. The molecule has 0 aromatic carbocycles. The third-order valence-electron chi connectivity index (χ3n) is 3.35. The third-order valence-corrected chi connectivity index (χ3v) is 3.35. The van der Waals surface area contributed by atoms with Gasteiger partial charge in [0.1, 0.15) is 0 Å². The highest BCUT2D eigenvalue weighted by Crippen LogP contribution is 2.10. The average molecular weight is 212 g/mol. The predicted molar refractivity (Wildman–Crippen MR) is 62.7 cm³/mol. The standard InChI is InChI=1S/C12H24N2O/c1-9(2)10(3)8-14-12(15)7-11-5-4-6-13-11/h9-11,13H,4-8H2,1-3H3,(H,14,15). The lowest BCUT2D eigenvalue weighted by atomic mass is 9.98. The Balaban J connectivity index is 2.12. The van der Waals surface area contributed by atoms with E-state index in [9.17, 15) is 4.79 Å². The molecule has 0 radical (unpaired) electrons. The van der Waals surface area contributed by atoms with Crippen molar-refractivity contribution in [2.45, 2.75) is 46.1 Å². The van der Waals surface area contributed by atoms with Gasteiger partial charge in [0, 0.05) is 19.0 Å². The van der Waals surface area contributed by atoms with Crippen molar-refractivity contribution in [3.05, 3.63) is 0 Å². The minimum Gasteiger partial charge on any atom is -0.356 e. The summed E-state index contributed by atoms with van der Waals surface area (Å²) in [6.45, 7) is 8.44. The minimum absolute atomic E-state index is 0.196. The zero-order chi connectivity index (χ0) is 11.3. The Hall–Kier alpha value is -0.570. The van der Waals surface area contributed by atoms with E-state index in [1.54, 1.807) is 0 Å². The largest absolute Gasteiger partial charge is 0.356 e. The molecular formula is C12H24N2O. The average Bonchev–Trinajstić information content (AvgIpc) is 2.66. The summed E-state index contributed by atoms with van der Waals surface area (Å²) in [6, 6.07) is 0.416. The number of hydrogen-bond donors (Lipinski definition) is 2. The SMILES string of the molecule is CC(C)C(C)CNC(=O)CC1CCCN1. The van der Waals surface area contributed by atoms with E-state index in [1.807, 2.05) is 0 Å². The van der Waals surface area contributed by atoms with E-state index in [0.29, 0.717) is 24.3 Å². The fourth-order valence-corrected chi connectivity index (χ4v) is 1.74. The maximum atomic E-state index is 11.6. The van der Waals surface area contributed by atoms with E-state index < -0.39 is 0 Å². The molecule has 2 N–H and O–H groups in total. The van der Waals surface area contributed by atoms with Crippen LogP contribution in [0.25, 0.3) is 0 Å². The summed E-state index contributed by atoms with van der Waals surface area (Å²) in [7, 11) is 0. The molecule has 1 amide bonds. The Morgan fingerprint density at radius 2 is 2.20 bits per heavy atom. The molecule has 1 heterocycles. The van der Waals surface area contributed by atoms with Crippen molar-refractivity contribution < 1.29 is 4.79 Å². The van der Waals surface area contributed by atoms with Crippen LogP contribution in [0.15, 0.2) is 0 Å². The van der Waals surface area contributed by atoms with Crippen molar-refractivity contribution in [3.8, 4) is 0 Å². The van der Waals surface area contributed by atoms with Crippen molar-refractivity contribution >= 4 is 5.91 Å². The van der Waals surface area contributed by atoms with Crippen LogP contribution in [0, 0.1) is 11.8 Å². The van der Waals surface area contributed by atoms with E-state index in [0.717, 1.165) is 19.5 Å². The first kappa shape index (κ1) is 12.5. The highest BCUT2D eigenvalue weighted by Gasteiger charge is 2.17. The molecular weight excluding hydrogens is 188 g/mol. The van der Waals surface area contributed by atoms with E-state index in [1.165, 1.54) is 6.42 Å². The fraction of sp³-hybridized carbons (Fsp3) is 0.917. The summed E-state index contributed by atoms with van der Waals surface area (Å²) in [6.07, 6.45) is 3.00. The van der Waals surface area contributed by atoms with Gasteiger partial charge in [-0.3, -0.25) is 4.79 Å². The molecule has 88 valence electrons. The molecule has 0 aromatic heterocycles. The van der Waals surface area contributed by atoms with Gasteiger partial charge in [0.25, 0.3) is 0 Å². The molecule has 1 saturated heterocycles. The number of amides is 1. The Morgan fingerprint density at radius 1 is 1.47 bits per heavy atom. The number of nitrogens with one attached hydrogen (secondary N) is 2. The van der Waals surface area contributed by atoms with Gasteiger partial charge in [-0.2, -0.15) is 0 Å². The summed E-state index contributed by atoms with van der Waals surface area (Å²) < 4.78 is 0. The molecule has 3 nitrogen and oxygen atoms in total. The lowest BCUT2D eigenvalue weighted by Crippen LogP contribution is -2.34. The van der Waals surface area contributed by atoms with E-state index in [-0.39, 0.29) is 5.91 Å². The zero-order valence-electron chi connectivity index (χ0n) is 10.2. The molecule has 1 rings (SSSR count). The van der Waals surface area contributed by atoms with Gasteiger partial charge < -0.3 is 10.6 Å². The second kappa shape index (κ2) is 6.11. The normalized spacial score (nSPS) is 23.1. The second-order valence-corrected chi connectivity index (χ2v) is 5.02. The fourth-order valence-electron chi connectivity index (χ4n) is 1.74. The molecule has 0 bridgehead atoms. The Kier molecular flexibility index (Phi) is 5.09. The summed E-state index contributed by atoms with van der Waals surface area (Å²) in [5, 5.41) is 6.35. The molecule has 15 heavy (non-hydrogen) atoms. The summed E-state index contributed by atoms with van der Waals surface area (Å²) in [5.74, 6) is 1.39. The Labute approximate surface area is 93.0 Å². The van der Waals surface area contributed by atoms with Crippen LogP contribution in [-0.2, 0) is 4.79 Å². The molecule has 0 spiro atoms. The number of hydrogen-bond acceptors (Lipinski definition) is 2. The van der Waals surface area contributed by atoms with Gasteiger partial charge in [-0.1, -0.05) is 20.8 Å². The third kappa shape index (κ3) is 4.65. The van der Waals surface area contributed by atoms with Crippen molar-refractivity contribution in [2.75, 3.05) is 13.1 Å². The molecule has 1 aliphatic heterocycles. The van der Waals surface area contributed by atoms with Crippen LogP contribution >= 0.6 is 0 Å². The van der Waals surface area contributed by atoms with Crippen LogP contribution in [0.3, 0.4) is 0 Å². The molecule has 0 aliphatic carbocycles. The smallest absolute Gasteiger partial charge is 0.221 e. The molecule has 0 saturated carbocycles. The van der Waals surface area contributed by atoms with Crippen LogP contribution in [0.2, 0.25) is 0 Å². The summed E-state index contributed by atoms with van der Waals surface area (Å²) >= 11 is 0. The van der Waals surface area contributed by atoms with Gasteiger partial charge in [-0.25, -0.2) is 0 Å². The first-order chi connectivity index (χ1) is 7.09. The molecule has 3 heteroatoms. The highest BCUT2D eigenvalue weighted by atomic mass is 16.1. The van der Waals surface area contributed by atoms with Gasteiger partial charge in [0.2, 0.25) is 5.91 Å². The van der Waals surface area contributed by atoms with Crippen LogP contribution < -0.4 is 10.6 Å². The molecule has 2 atom stereocenters. The molecule has 1 aliphatic rings. The van der Waals surface area contributed by atoms with Crippen LogP contribution in [0.4, 0.5) is 0 Å². The summed E-state index contributed by atoms with van der Waals surface area (Å²) in [4.78, 5) is 11.6. The van der Waals surface area contributed by atoms with E-state index in [2.05, 4.69) is 31.4 Å². The van der Waals surface area contributed by atoms with Gasteiger partial charge >= 0.3 is 0 Å².